The van der Waals surface area contributed by atoms with E-state index in [4.69, 9.17) is 14.2 Å². The molecule has 1 aromatic rings. The summed E-state index contributed by atoms with van der Waals surface area (Å²) in [7, 11) is 2.86. The zero-order valence-corrected chi connectivity index (χ0v) is 20.6. The third-order valence-electron chi connectivity index (χ3n) is 5.76. The molecule has 0 saturated carbocycles. The maximum Gasteiger partial charge on any atom is 0.407 e. The molecule has 0 aliphatic carbocycles. The Kier molecular flexibility index (Phi) is 8.75. The number of methoxy groups -OCH3 is 2. The van der Waals surface area contributed by atoms with Crippen molar-refractivity contribution in [3.63, 3.8) is 0 Å². The largest absolute Gasteiger partial charge is 0.497 e. The van der Waals surface area contributed by atoms with Crippen molar-refractivity contribution in [2.75, 3.05) is 20.8 Å². The fraction of sp³-hybridized carbons (Fsp3) is 0.609. The van der Waals surface area contributed by atoms with Crippen LogP contribution in [0.4, 0.5) is 4.79 Å². The normalized spacial score (nSPS) is 18.4. The van der Waals surface area contributed by atoms with Crippen LogP contribution in [-0.4, -0.2) is 62.1 Å². The molecule has 2 amide bonds. The van der Waals surface area contributed by atoms with Crippen LogP contribution in [0.2, 0.25) is 6.32 Å². The number of ether oxygens (including phenoxy) is 3. The lowest BCUT2D eigenvalue weighted by Crippen LogP contribution is -2.57. The zero-order valence-electron chi connectivity index (χ0n) is 20.6. The Hall–Kier alpha value is -2.77. The molecule has 1 aromatic carbocycles. The fourth-order valence-electron chi connectivity index (χ4n) is 3.85. The summed E-state index contributed by atoms with van der Waals surface area (Å²) in [5, 5.41) is 13.9. The van der Waals surface area contributed by atoms with Gasteiger partial charge in [-0.25, -0.2) is 15.1 Å². The van der Waals surface area contributed by atoms with Gasteiger partial charge in [0.25, 0.3) is 5.91 Å². The summed E-state index contributed by atoms with van der Waals surface area (Å²) < 4.78 is 16.0. The summed E-state index contributed by atoms with van der Waals surface area (Å²) in [6.45, 7) is 9.95. The summed E-state index contributed by atoms with van der Waals surface area (Å²) in [4.78, 5) is 25.1. The average Bonchev–Trinajstić information content (AvgIpc) is 3.03. The van der Waals surface area contributed by atoms with Gasteiger partial charge in [-0.15, -0.1) is 0 Å². The topological polar surface area (TPSA) is 113 Å². The first-order valence-electron chi connectivity index (χ1n) is 11.0. The van der Waals surface area contributed by atoms with E-state index in [1.54, 1.807) is 12.1 Å². The minimum Gasteiger partial charge on any atom is -0.497 e. The molecule has 1 fully saturated rings. The number of hydrogen-bond acceptors (Lipinski definition) is 7. The summed E-state index contributed by atoms with van der Waals surface area (Å²) in [6, 6.07) is 6.73. The molecule has 0 bridgehead atoms. The Morgan fingerprint density at radius 1 is 1.30 bits per heavy atom. The van der Waals surface area contributed by atoms with E-state index in [1.807, 2.05) is 58.9 Å². The molecule has 0 radical (unpaired) electrons. The van der Waals surface area contributed by atoms with E-state index in [1.165, 1.54) is 7.11 Å². The highest BCUT2D eigenvalue weighted by Crippen LogP contribution is 2.30. The van der Waals surface area contributed by atoms with Gasteiger partial charge >= 0.3 is 12.8 Å². The quantitative estimate of drug-likeness (QED) is 0.455. The molecule has 1 saturated heterocycles. The Morgan fingerprint density at radius 3 is 2.42 bits per heavy atom. The van der Waals surface area contributed by atoms with Gasteiger partial charge in [-0.2, -0.15) is 0 Å². The third kappa shape index (κ3) is 7.37. The number of alkyl carbamates (subject to hydrolysis) is 1. The van der Waals surface area contributed by atoms with Gasteiger partial charge in [-0.1, -0.05) is 32.9 Å². The van der Waals surface area contributed by atoms with E-state index in [-0.39, 0.29) is 18.7 Å². The second-order valence-corrected chi connectivity index (χ2v) is 9.90. The SMILES string of the molecule is COC(=O)NC(C(=O)NN(Cc1ccc(OC)cc1)CC1CB(C#N)C(C)(C)O1)C(C)(C)C. The Balaban J connectivity index is 2.22. The molecule has 9 nitrogen and oxygen atoms in total. The van der Waals surface area contributed by atoms with Crippen LogP contribution in [0, 0.1) is 16.6 Å². The first-order chi connectivity index (χ1) is 15.4. The van der Waals surface area contributed by atoms with Crippen molar-refractivity contribution in [3.8, 4) is 11.7 Å². The summed E-state index contributed by atoms with van der Waals surface area (Å²) in [5.74, 6) is 2.69. The maximum absolute atomic E-state index is 13.2. The molecule has 2 unspecified atom stereocenters. The van der Waals surface area contributed by atoms with Crippen molar-refractivity contribution in [1.82, 2.24) is 15.8 Å². The van der Waals surface area contributed by atoms with Gasteiger partial charge < -0.3 is 19.5 Å². The minimum atomic E-state index is -0.823. The van der Waals surface area contributed by atoms with Gasteiger partial charge in [-0.3, -0.25) is 10.2 Å². The van der Waals surface area contributed by atoms with Gasteiger partial charge in [0.2, 0.25) is 0 Å². The molecule has 1 aliphatic rings. The van der Waals surface area contributed by atoms with Crippen molar-refractivity contribution in [2.45, 2.75) is 65.1 Å². The smallest absolute Gasteiger partial charge is 0.407 e. The molecule has 0 spiro atoms. The van der Waals surface area contributed by atoms with Gasteiger partial charge in [0.15, 0.2) is 0 Å². The van der Waals surface area contributed by atoms with Crippen LogP contribution in [0.3, 0.4) is 0 Å². The second-order valence-electron chi connectivity index (χ2n) is 9.90. The van der Waals surface area contributed by atoms with Gasteiger partial charge in [-0.05, 0) is 43.3 Å². The molecule has 2 rings (SSSR count). The Labute approximate surface area is 196 Å². The molecule has 1 heterocycles. The first-order valence-corrected chi connectivity index (χ1v) is 11.0. The van der Waals surface area contributed by atoms with Crippen LogP contribution in [0.25, 0.3) is 0 Å². The lowest BCUT2D eigenvalue weighted by Gasteiger charge is -2.33. The number of carbonyl (C=O) groups excluding carboxylic acids is 2. The molecule has 180 valence electrons. The number of hydrogen-bond donors (Lipinski definition) is 2. The molecule has 1 aliphatic heterocycles. The van der Waals surface area contributed by atoms with Crippen LogP contribution < -0.4 is 15.5 Å². The van der Waals surface area contributed by atoms with Crippen molar-refractivity contribution in [2.24, 2.45) is 5.41 Å². The Morgan fingerprint density at radius 2 is 1.94 bits per heavy atom. The molecular weight excluding hydrogens is 423 g/mol. The van der Waals surface area contributed by atoms with Gasteiger partial charge in [0.05, 0.1) is 25.8 Å². The van der Waals surface area contributed by atoms with E-state index >= 15 is 0 Å². The predicted molar refractivity (Wildman–Crippen MR) is 125 cm³/mol. The average molecular weight is 458 g/mol. The highest BCUT2D eigenvalue weighted by Gasteiger charge is 2.46. The fourth-order valence-corrected chi connectivity index (χ4v) is 3.85. The zero-order chi connectivity index (χ0) is 24.8. The van der Waals surface area contributed by atoms with Crippen LogP contribution in [-0.2, 0) is 20.8 Å². The standard InChI is InChI=1S/C23H35BN4O5/c1-22(2,3)19(26-21(30)32-7)20(29)27-28(13-16-8-10-17(31-6)11-9-16)14-18-12-24(15-25)23(4,5)33-18/h8-11,18-19H,12-14H2,1-7H3,(H,26,30)(H,27,29). The lowest BCUT2D eigenvalue weighted by atomic mass is 9.40. The number of benzene rings is 1. The molecular formula is C23H35BN4O5. The van der Waals surface area contributed by atoms with E-state index in [0.717, 1.165) is 11.3 Å². The van der Waals surface area contributed by atoms with Crippen LogP contribution >= 0.6 is 0 Å². The predicted octanol–water partition coefficient (Wildman–Crippen LogP) is 2.57. The number of nitriles is 1. The highest BCUT2D eigenvalue weighted by molar-refractivity contribution is 6.70. The van der Waals surface area contributed by atoms with E-state index < -0.39 is 23.1 Å². The number of nitrogens with one attached hydrogen (secondary N) is 2. The maximum atomic E-state index is 13.2. The van der Waals surface area contributed by atoms with Crippen molar-refractivity contribution >= 4 is 18.7 Å². The second kappa shape index (κ2) is 10.9. The van der Waals surface area contributed by atoms with Crippen molar-refractivity contribution < 1.29 is 23.8 Å². The molecule has 2 atom stereocenters. The molecule has 2 N–H and O–H groups in total. The third-order valence-corrected chi connectivity index (χ3v) is 5.76. The number of hydrazine groups is 1. The van der Waals surface area contributed by atoms with Gasteiger partial charge in [0.1, 0.15) is 11.8 Å². The molecule has 10 heteroatoms. The number of amides is 2. The number of nitrogens with zero attached hydrogens (tertiary/aromatic N) is 2. The van der Waals surface area contributed by atoms with Crippen molar-refractivity contribution in [1.29, 1.82) is 5.26 Å². The van der Waals surface area contributed by atoms with E-state index in [0.29, 0.717) is 19.4 Å². The molecule has 0 aromatic heterocycles. The number of rotatable bonds is 8. The monoisotopic (exact) mass is 458 g/mol. The molecule has 33 heavy (non-hydrogen) atoms. The van der Waals surface area contributed by atoms with E-state index in [2.05, 4.69) is 16.7 Å². The lowest BCUT2D eigenvalue weighted by molar-refractivity contribution is -0.131. The minimum absolute atomic E-state index is 0.232. The summed E-state index contributed by atoms with van der Waals surface area (Å²) in [5.41, 5.74) is 2.79. The van der Waals surface area contributed by atoms with Crippen molar-refractivity contribution in [3.05, 3.63) is 29.8 Å². The van der Waals surface area contributed by atoms with Crippen LogP contribution in [0.5, 0.6) is 5.75 Å². The van der Waals surface area contributed by atoms with E-state index in [9.17, 15) is 14.9 Å². The summed E-state index contributed by atoms with van der Waals surface area (Å²) >= 11 is 0. The number of carbonyl (C=O) groups is 2. The highest BCUT2D eigenvalue weighted by atomic mass is 16.5. The van der Waals surface area contributed by atoms with Crippen LogP contribution in [0.1, 0.15) is 40.2 Å². The Bertz CT molecular complexity index is 863. The summed E-state index contributed by atoms with van der Waals surface area (Å²) in [6.07, 6.45) is -0.337. The first kappa shape index (κ1) is 26.5. The van der Waals surface area contributed by atoms with Gasteiger partial charge in [0, 0.05) is 19.1 Å². The van der Waals surface area contributed by atoms with Crippen LogP contribution in [0.15, 0.2) is 24.3 Å².